The van der Waals surface area contributed by atoms with Crippen molar-refractivity contribution in [3.05, 3.63) is 22.3 Å². The Morgan fingerprint density at radius 1 is 1.44 bits per heavy atom. The second-order valence-corrected chi connectivity index (χ2v) is 4.69. The molecule has 0 radical (unpaired) electrons. The van der Waals surface area contributed by atoms with Crippen molar-refractivity contribution in [2.75, 3.05) is 5.32 Å². The zero-order chi connectivity index (χ0) is 13.0. The molecule has 7 nitrogen and oxygen atoms in total. The van der Waals surface area contributed by atoms with E-state index in [1.165, 1.54) is 0 Å². The number of hydrogen-bond donors (Lipinski definition) is 2. The fourth-order valence-corrected chi connectivity index (χ4v) is 1.93. The molecule has 0 aliphatic rings. The zero-order valence-corrected chi connectivity index (χ0v) is 11.8. The maximum atomic E-state index is 4.43. The minimum Gasteiger partial charge on any atom is -0.360 e. The van der Waals surface area contributed by atoms with Crippen LogP contribution in [0.5, 0.6) is 0 Å². The molecule has 2 aromatic heterocycles. The molecule has 0 aromatic carbocycles. The molecule has 2 rings (SSSR count). The van der Waals surface area contributed by atoms with Gasteiger partial charge in [-0.1, -0.05) is 12.1 Å². The molecule has 2 heterocycles. The number of aryl methyl sites for hydroxylation is 1. The van der Waals surface area contributed by atoms with Crippen LogP contribution in [0.2, 0.25) is 0 Å². The van der Waals surface area contributed by atoms with Crippen LogP contribution >= 0.6 is 15.9 Å². The van der Waals surface area contributed by atoms with Gasteiger partial charge in [0.2, 0.25) is 0 Å². The van der Waals surface area contributed by atoms with Crippen molar-refractivity contribution in [3.8, 4) is 0 Å². The van der Waals surface area contributed by atoms with Gasteiger partial charge in [0.25, 0.3) is 0 Å². The van der Waals surface area contributed by atoms with Crippen LogP contribution in [-0.2, 0) is 6.42 Å². The van der Waals surface area contributed by atoms with Gasteiger partial charge >= 0.3 is 0 Å². The summed E-state index contributed by atoms with van der Waals surface area (Å²) in [5.74, 6) is 2.16. The van der Waals surface area contributed by atoms with E-state index in [0.29, 0.717) is 5.82 Å². The van der Waals surface area contributed by atoms with E-state index in [1.807, 2.05) is 13.0 Å². The Balaban J connectivity index is 2.13. The van der Waals surface area contributed by atoms with E-state index in [-0.39, 0.29) is 6.04 Å². The van der Waals surface area contributed by atoms with Crippen LogP contribution in [0.4, 0.5) is 5.82 Å². The third kappa shape index (κ3) is 3.22. The van der Waals surface area contributed by atoms with Crippen molar-refractivity contribution in [2.24, 2.45) is 0 Å². The van der Waals surface area contributed by atoms with E-state index in [9.17, 15) is 0 Å². The van der Waals surface area contributed by atoms with Crippen molar-refractivity contribution >= 4 is 21.7 Å². The van der Waals surface area contributed by atoms with Crippen LogP contribution in [0.1, 0.15) is 38.0 Å². The van der Waals surface area contributed by atoms with Crippen LogP contribution in [0.25, 0.3) is 0 Å². The molecule has 0 bridgehead atoms. The highest BCUT2D eigenvalue weighted by molar-refractivity contribution is 9.10. The smallest absolute Gasteiger partial charge is 0.196 e. The standard InChI is InChI=1S/C10H14BrN7/c1-3-4-8-13-7(11)5-9(14-8)12-6(2)10-15-17-18-16-10/h5-6H,3-4H2,1-2H3,(H,12,13,14)(H,15,16,17,18). The first-order valence-corrected chi connectivity index (χ1v) is 6.51. The number of tetrazole rings is 1. The molecule has 0 fully saturated rings. The molecule has 2 aromatic rings. The number of anilines is 1. The molecule has 18 heavy (non-hydrogen) atoms. The van der Waals surface area contributed by atoms with Crippen molar-refractivity contribution in [1.82, 2.24) is 30.6 Å². The number of rotatable bonds is 5. The average molecular weight is 312 g/mol. The van der Waals surface area contributed by atoms with Crippen molar-refractivity contribution < 1.29 is 0 Å². The average Bonchev–Trinajstić information content (AvgIpc) is 2.81. The number of hydrogen-bond acceptors (Lipinski definition) is 6. The van der Waals surface area contributed by atoms with E-state index in [4.69, 9.17) is 0 Å². The van der Waals surface area contributed by atoms with Crippen LogP contribution in [0.15, 0.2) is 10.7 Å². The molecule has 2 N–H and O–H groups in total. The number of H-pyrrole nitrogens is 1. The summed E-state index contributed by atoms with van der Waals surface area (Å²) >= 11 is 3.38. The molecule has 0 aliphatic heterocycles. The number of aromatic amines is 1. The molecule has 96 valence electrons. The maximum Gasteiger partial charge on any atom is 0.196 e. The molecular weight excluding hydrogens is 298 g/mol. The number of nitrogens with zero attached hydrogens (tertiary/aromatic N) is 5. The fraction of sp³-hybridized carbons (Fsp3) is 0.500. The van der Waals surface area contributed by atoms with Crippen molar-refractivity contribution in [3.63, 3.8) is 0 Å². The third-order valence-corrected chi connectivity index (χ3v) is 2.73. The largest absolute Gasteiger partial charge is 0.360 e. The molecule has 8 heteroatoms. The highest BCUT2D eigenvalue weighted by atomic mass is 79.9. The van der Waals surface area contributed by atoms with Gasteiger partial charge in [0.15, 0.2) is 5.82 Å². The Kier molecular flexibility index (Phi) is 4.19. The van der Waals surface area contributed by atoms with Gasteiger partial charge in [0.05, 0.1) is 6.04 Å². The summed E-state index contributed by atoms with van der Waals surface area (Å²) in [7, 11) is 0. The van der Waals surface area contributed by atoms with Crippen molar-refractivity contribution in [2.45, 2.75) is 32.7 Å². The van der Waals surface area contributed by atoms with Gasteiger partial charge in [-0.05, 0) is 29.3 Å². The first-order valence-electron chi connectivity index (χ1n) is 5.72. The summed E-state index contributed by atoms with van der Waals surface area (Å²) in [6.07, 6.45) is 1.86. The van der Waals surface area contributed by atoms with Gasteiger partial charge in [-0.25, -0.2) is 9.97 Å². The lowest BCUT2D eigenvalue weighted by Crippen LogP contribution is -2.11. The van der Waals surface area contributed by atoms with Gasteiger partial charge in [-0.15, -0.1) is 10.2 Å². The van der Waals surface area contributed by atoms with Gasteiger partial charge in [0, 0.05) is 12.5 Å². The Hall–Kier alpha value is -1.57. The topological polar surface area (TPSA) is 92.3 Å². The van der Waals surface area contributed by atoms with E-state index in [2.05, 4.69) is 58.8 Å². The minimum absolute atomic E-state index is 0.0694. The summed E-state index contributed by atoms with van der Waals surface area (Å²) in [5.41, 5.74) is 0. The second-order valence-electron chi connectivity index (χ2n) is 3.88. The lowest BCUT2D eigenvalue weighted by atomic mass is 10.3. The summed E-state index contributed by atoms with van der Waals surface area (Å²) in [6, 6.07) is 1.76. The van der Waals surface area contributed by atoms with Gasteiger partial charge in [0.1, 0.15) is 16.2 Å². The van der Waals surface area contributed by atoms with Crippen molar-refractivity contribution in [1.29, 1.82) is 0 Å². The first kappa shape index (κ1) is 12.9. The number of aromatic nitrogens is 6. The SMILES string of the molecule is CCCc1nc(Br)cc(NC(C)c2nn[nH]n2)n1. The summed E-state index contributed by atoms with van der Waals surface area (Å²) in [5, 5.41) is 17.0. The highest BCUT2D eigenvalue weighted by Crippen LogP contribution is 2.17. The van der Waals surface area contributed by atoms with E-state index in [1.54, 1.807) is 0 Å². The monoisotopic (exact) mass is 311 g/mol. The van der Waals surface area contributed by atoms with Crippen LogP contribution in [-0.4, -0.2) is 30.6 Å². The molecular formula is C10H14BrN7. The molecule has 1 unspecified atom stereocenters. The lowest BCUT2D eigenvalue weighted by molar-refractivity contribution is 0.775. The maximum absolute atomic E-state index is 4.43. The Morgan fingerprint density at radius 3 is 2.94 bits per heavy atom. The Morgan fingerprint density at radius 2 is 2.28 bits per heavy atom. The number of halogens is 1. The van der Waals surface area contributed by atoms with E-state index >= 15 is 0 Å². The summed E-state index contributed by atoms with van der Waals surface area (Å²) in [6.45, 7) is 4.04. The number of nitrogens with one attached hydrogen (secondary N) is 2. The predicted molar refractivity (Wildman–Crippen MR) is 69.9 cm³/mol. The normalized spacial score (nSPS) is 12.4. The van der Waals surface area contributed by atoms with Crippen LogP contribution in [0, 0.1) is 0 Å². The predicted octanol–water partition coefficient (Wildman–Crippen LogP) is 1.88. The lowest BCUT2D eigenvalue weighted by Gasteiger charge is -2.11. The van der Waals surface area contributed by atoms with Gasteiger partial charge in [-0.2, -0.15) is 5.21 Å². The first-order chi connectivity index (χ1) is 8.69. The molecule has 1 atom stereocenters. The van der Waals surface area contributed by atoms with Gasteiger partial charge in [-0.3, -0.25) is 0 Å². The van der Waals surface area contributed by atoms with Crippen LogP contribution in [0.3, 0.4) is 0 Å². The zero-order valence-electron chi connectivity index (χ0n) is 10.2. The molecule has 0 amide bonds. The minimum atomic E-state index is -0.0694. The summed E-state index contributed by atoms with van der Waals surface area (Å²) in [4.78, 5) is 8.74. The quantitative estimate of drug-likeness (QED) is 0.819. The molecule has 0 saturated heterocycles. The van der Waals surface area contributed by atoms with E-state index in [0.717, 1.165) is 29.1 Å². The van der Waals surface area contributed by atoms with E-state index < -0.39 is 0 Å². The Labute approximate surface area is 113 Å². The molecule has 0 saturated carbocycles. The van der Waals surface area contributed by atoms with Crippen LogP contribution < -0.4 is 5.32 Å². The molecule has 0 aliphatic carbocycles. The molecule has 0 spiro atoms. The highest BCUT2D eigenvalue weighted by Gasteiger charge is 2.11. The third-order valence-electron chi connectivity index (χ3n) is 2.33. The fourth-order valence-electron chi connectivity index (χ4n) is 1.51. The second kappa shape index (κ2) is 5.85. The van der Waals surface area contributed by atoms with Gasteiger partial charge < -0.3 is 5.32 Å². The summed E-state index contributed by atoms with van der Waals surface area (Å²) < 4.78 is 0.767. The Bertz CT molecular complexity index is 499.